The summed E-state index contributed by atoms with van der Waals surface area (Å²) in [4.78, 5) is 0. The van der Waals surface area contributed by atoms with Crippen LogP contribution in [-0.2, 0) is 0 Å². The molecule has 0 aliphatic rings. The first-order chi connectivity index (χ1) is 9.70. The van der Waals surface area contributed by atoms with Gasteiger partial charge >= 0.3 is 23.9 Å². The lowest BCUT2D eigenvalue weighted by Crippen LogP contribution is -2.60. The molecule has 0 amide bonds. The monoisotopic (exact) mass is 456 g/mol. The van der Waals surface area contributed by atoms with Crippen molar-refractivity contribution in [3.63, 3.8) is 0 Å². The summed E-state index contributed by atoms with van der Waals surface area (Å²) in [5.74, 6) is -19.0. The molecule has 0 aromatic carbocycles. The molecule has 0 rings (SSSR count). The zero-order chi connectivity index (χ0) is 17.8. The van der Waals surface area contributed by atoms with E-state index in [-0.39, 0.29) is 6.42 Å². The Hall–Kier alpha value is -0.160. The molecule has 10 heteroatoms. The summed E-state index contributed by atoms with van der Waals surface area (Å²) in [6.45, 7) is 1.87. The van der Waals surface area contributed by atoms with Crippen molar-refractivity contribution in [1.29, 1.82) is 0 Å². The van der Waals surface area contributed by atoms with E-state index >= 15 is 0 Å². The SMILES string of the molecule is CCCCCCC(I)=CC(F)(F)C(F)(F)C(F)(F)C(F)(F)F. The summed E-state index contributed by atoms with van der Waals surface area (Å²) in [6, 6.07) is 0. The number of halogens is 10. The Labute approximate surface area is 135 Å². The molecule has 0 heterocycles. The summed E-state index contributed by atoms with van der Waals surface area (Å²) < 4.78 is 113. The second-order valence-electron chi connectivity index (χ2n) is 4.67. The molecule has 0 radical (unpaired) electrons. The maximum atomic E-state index is 13.2. The van der Waals surface area contributed by atoms with Crippen LogP contribution in [0.1, 0.15) is 39.0 Å². The van der Waals surface area contributed by atoms with Crippen molar-refractivity contribution in [1.82, 2.24) is 0 Å². The van der Waals surface area contributed by atoms with E-state index in [0.29, 0.717) is 12.8 Å². The Balaban J connectivity index is 5.19. The third-order valence-corrected chi connectivity index (χ3v) is 3.63. The quantitative estimate of drug-likeness (QED) is 0.216. The van der Waals surface area contributed by atoms with E-state index in [4.69, 9.17) is 0 Å². The van der Waals surface area contributed by atoms with E-state index in [2.05, 4.69) is 0 Å². The van der Waals surface area contributed by atoms with Gasteiger partial charge in [-0.25, -0.2) is 0 Å². The van der Waals surface area contributed by atoms with Gasteiger partial charge < -0.3 is 0 Å². The summed E-state index contributed by atoms with van der Waals surface area (Å²) in [5, 5.41) is 0. The van der Waals surface area contributed by atoms with Crippen LogP contribution in [0.2, 0.25) is 0 Å². The fourth-order valence-corrected chi connectivity index (χ4v) is 2.24. The highest BCUT2D eigenvalue weighted by atomic mass is 127. The first-order valence-electron chi connectivity index (χ1n) is 6.28. The van der Waals surface area contributed by atoms with Crippen molar-refractivity contribution in [3.8, 4) is 0 Å². The first kappa shape index (κ1) is 21.8. The molecule has 0 unspecified atom stereocenters. The maximum absolute atomic E-state index is 13.2. The molecule has 0 N–H and O–H groups in total. The van der Waals surface area contributed by atoms with Crippen molar-refractivity contribution < 1.29 is 39.5 Å². The molecule has 0 nitrogen and oxygen atoms in total. The molecule has 0 aliphatic carbocycles. The van der Waals surface area contributed by atoms with Crippen LogP contribution < -0.4 is 0 Å². The van der Waals surface area contributed by atoms with Crippen molar-refractivity contribution in [2.45, 2.75) is 63.0 Å². The van der Waals surface area contributed by atoms with Gasteiger partial charge in [-0.05, 0) is 39.0 Å². The lowest BCUT2D eigenvalue weighted by atomic mass is 10.0. The number of unbranched alkanes of at least 4 members (excludes halogenated alkanes) is 3. The molecule has 0 aromatic rings. The van der Waals surface area contributed by atoms with Crippen LogP contribution in [0.3, 0.4) is 0 Å². The average molecular weight is 456 g/mol. The molecule has 0 fully saturated rings. The molecule has 0 aromatic heterocycles. The molecular formula is C12H14F9I. The zero-order valence-corrected chi connectivity index (χ0v) is 13.6. The second-order valence-corrected chi connectivity index (χ2v) is 6.06. The zero-order valence-electron chi connectivity index (χ0n) is 11.4. The minimum absolute atomic E-state index is 0.0934. The van der Waals surface area contributed by atoms with Crippen LogP contribution in [0.4, 0.5) is 39.5 Å². The Morgan fingerprint density at radius 2 is 1.32 bits per heavy atom. The van der Waals surface area contributed by atoms with E-state index in [1.165, 1.54) is 22.6 Å². The van der Waals surface area contributed by atoms with Gasteiger partial charge in [-0.2, -0.15) is 39.5 Å². The normalized spacial score (nSPS) is 15.3. The lowest BCUT2D eigenvalue weighted by Gasteiger charge is -2.32. The van der Waals surface area contributed by atoms with Crippen molar-refractivity contribution in [2.24, 2.45) is 0 Å². The average Bonchev–Trinajstić information content (AvgIpc) is 2.32. The minimum atomic E-state index is -6.83. The van der Waals surface area contributed by atoms with Crippen LogP contribution in [-0.4, -0.2) is 23.9 Å². The number of allylic oxidation sites excluding steroid dienone is 2. The third-order valence-electron chi connectivity index (χ3n) is 2.78. The Kier molecular flexibility index (Phi) is 7.55. The largest absolute Gasteiger partial charge is 0.460 e. The van der Waals surface area contributed by atoms with Gasteiger partial charge in [-0.1, -0.05) is 26.2 Å². The molecule has 0 saturated carbocycles. The topological polar surface area (TPSA) is 0 Å². The number of hydrogen-bond donors (Lipinski definition) is 0. The summed E-state index contributed by atoms with van der Waals surface area (Å²) in [5.41, 5.74) is 0. The summed E-state index contributed by atoms with van der Waals surface area (Å²) in [6.07, 6.45) is -4.84. The van der Waals surface area contributed by atoms with Gasteiger partial charge in [-0.15, -0.1) is 0 Å². The molecule has 0 aliphatic heterocycles. The van der Waals surface area contributed by atoms with Gasteiger partial charge in [0.05, 0.1) is 0 Å². The maximum Gasteiger partial charge on any atom is 0.460 e. The van der Waals surface area contributed by atoms with E-state index in [0.717, 1.165) is 12.8 Å². The summed E-state index contributed by atoms with van der Waals surface area (Å²) in [7, 11) is 0. The van der Waals surface area contributed by atoms with Crippen LogP contribution >= 0.6 is 22.6 Å². The minimum Gasteiger partial charge on any atom is -0.195 e. The Morgan fingerprint density at radius 1 is 0.818 bits per heavy atom. The molecule has 132 valence electrons. The molecule has 0 atom stereocenters. The molecule has 0 saturated heterocycles. The number of hydrogen-bond acceptors (Lipinski definition) is 0. The van der Waals surface area contributed by atoms with Crippen molar-refractivity contribution in [2.75, 3.05) is 0 Å². The van der Waals surface area contributed by atoms with Crippen LogP contribution in [0.15, 0.2) is 9.66 Å². The fourth-order valence-electron chi connectivity index (χ4n) is 1.47. The second kappa shape index (κ2) is 7.61. The number of alkyl halides is 9. The third kappa shape index (κ3) is 4.92. The van der Waals surface area contributed by atoms with E-state index < -0.39 is 33.6 Å². The van der Waals surface area contributed by atoms with Crippen molar-refractivity contribution in [3.05, 3.63) is 9.66 Å². The van der Waals surface area contributed by atoms with Gasteiger partial charge in [-0.3, -0.25) is 0 Å². The van der Waals surface area contributed by atoms with Gasteiger partial charge in [0.25, 0.3) is 0 Å². The smallest absolute Gasteiger partial charge is 0.195 e. The van der Waals surface area contributed by atoms with Crippen molar-refractivity contribution >= 4 is 22.6 Å². The molecule has 22 heavy (non-hydrogen) atoms. The highest BCUT2D eigenvalue weighted by molar-refractivity contribution is 14.1. The van der Waals surface area contributed by atoms with Gasteiger partial charge in [0.2, 0.25) is 0 Å². The Bertz CT molecular complexity index is 385. The highest BCUT2D eigenvalue weighted by Gasteiger charge is 2.81. The Morgan fingerprint density at radius 3 is 1.73 bits per heavy atom. The number of rotatable bonds is 8. The molecule has 0 bridgehead atoms. The highest BCUT2D eigenvalue weighted by Crippen LogP contribution is 2.53. The van der Waals surface area contributed by atoms with Crippen LogP contribution in [0.5, 0.6) is 0 Å². The van der Waals surface area contributed by atoms with Gasteiger partial charge in [0.15, 0.2) is 0 Å². The van der Waals surface area contributed by atoms with E-state index in [9.17, 15) is 39.5 Å². The van der Waals surface area contributed by atoms with Gasteiger partial charge in [0.1, 0.15) is 0 Å². The first-order valence-corrected chi connectivity index (χ1v) is 7.36. The van der Waals surface area contributed by atoms with E-state index in [1.54, 1.807) is 0 Å². The van der Waals surface area contributed by atoms with E-state index in [1.807, 2.05) is 6.92 Å². The molecule has 0 spiro atoms. The predicted octanol–water partition coefficient (Wildman–Crippen LogP) is 6.74. The fraction of sp³-hybridized carbons (Fsp3) is 0.833. The predicted molar refractivity (Wildman–Crippen MR) is 71.8 cm³/mol. The molecular weight excluding hydrogens is 442 g/mol. The standard InChI is InChI=1S/C12H14F9I/c1-2-3-4-5-6-8(22)7-9(13,14)10(15,16)11(17,18)12(19,20)21/h7H,2-6H2,1H3. The van der Waals surface area contributed by atoms with Crippen LogP contribution in [0, 0.1) is 0 Å². The lowest BCUT2D eigenvalue weighted by molar-refractivity contribution is -0.388. The van der Waals surface area contributed by atoms with Gasteiger partial charge in [0, 0.05) is 6.08 Å². The van der Waals surface area contributed by atoms with Crippen LogP contribution in [0.25, 0.3) is 0 Å². The summed E-state index contributed by atoms with van der Waals surface area (Å²) >= 11 is 1.23.